The Morgan fingerprint density at radius 3 is 3.06 bits per heavy atom. The van der Waals surface area contributed by atoms with Crippen LogP contribution in [0.5, 0.6) is 0 Å². The van der Waals surface area contributed by atoms with Crippen molar-refractivity contribution >= 4 is 0 Å². The SMILES string of the molecule is COC1(CNC(C)c2cncc(F)c2)CCOC1. The normalized spacial score (nSPS) is 25.3. The molecule has 0 saturated carbocycles. The predicted molar refractivity (Wildman–Crippen MR) is 65.8 cm³/mol. The van der Waals surface area contributed by atoms with Gasteiger partial charge in [0.1, 0.15) is 11.4 Å². The smallest absolute Gasteiger partial charge is 0.141 e. The highest BCUT2D eigenvalue weighted by atomic mass is 19.1. The number of hydrogen-bond acceptors (Lipinski definition) is 4. The quantitative estimate of drug-likeness (QED) is 0.868. The van der Waals surface area contributed by atoms with Crippen molar-refractivity contribution in [2.75, 3.05) is 26.9 Å². The molecule has 100 valence electrons. The monoisotopic (exact) mass is 254 g/mol. The molecule has 0 amide bonds. The first-order valence-corrected chi connectivity index (χ1v) is 6.12. The second kappa shape index (κ2) is 5.73. The van der Waals surface area contributed by atoms with E-state index in [0.29, 0.717) is 13.2 Å². The van der Waals surface area contributed by atoms with Gasteiger partial charge in [-0.05, 0) is 18.6 Å². The average molecular weight is 254 g/mol. The molecular weight excluding hydrogens is 235 g/mol. The van der Waals surface area contributed by atoms with E-state index in [0.717, 1.165) is 18.6 Å². The molecule has 0 spiro atoms. The summed E-state index contributed by atoms with van der Waals surface area (Å²) in [6, 6.07) is 1.52. The number of aromatic nitrogens is 1. The van der Waals surface area contributed by atoms with Gasteiger partial charge in [-0.15, -0.1) is 0 Å². The summed E-state index contributed by atoms with van der Waals surface area (Å²) in [5.74, 6) is -0.313. The van der Waals surface area contributed by atoms with Crippen LogP contribution in [0.1, 0.15) is 24.9 Å². The Balaban J connectivity index is 1.93. The number of pyridine rings is 1. The van der Waals surface area contributed by atoms with E-state index in [1.807, 2.05) is 6.92 Å². The number of nitrogens with zero attached hydrogens (tertiary/aromatic N) is 1. The summed E-state index contributed by atoms with van der Waals surface area (Å²) < 4.78 is 24.0. The highest BCUT2D eigenvalue weighted by Crippen LogP contribution is 2.23. The predicted octanol–water partition coefficient (Wildman–Crippen LogP) is 1.68. The van der Waals surface area contributed by atoms with Crippen molar-refractivity contribution in [2.45, 2.75) is 25.0 Å². The summed E-state index contributed by atoms with van der Waals surface area (Å²) in [7, 11) is 1.70. The van der Waals surface area contributed by atoms with Crippen LogP contribution < -0.4 is 5.32 Å². The largest absolute Gasteiger partial charge is 0.378 e. The van der Waals surface area contributed by atoms with Gasteiger partial charge in [-0.3, -0.25) is 4.98 Å². The van der Waals surface area contributed by atoms with E-state index in [4.69, 9.17) is 9.47 Å². The zero-order valence-corrected chi connectivity index (χ0v) is 10.8. The number of hydrogen-bond donors (Lipinski definition) is 1. The van der Waals surface area contributed by atoms with Crippen LogP contribution in [-0.4, -0.2) is 37.5 Å². The van der Waals surface area contributed by atoms with Gasteiger partial charge in [0.05, 0.1) is 12.8 Å². The van der Waals surface area contributed by atoms with E-state index in [-0.39, 0.29) is 17.5 Å². The van der Waals surface area contributed by atoms with Crippen molar-refractivity contribution in [3.05, 3.63) is 29.8 Å². The van der Waals surface area contributed by atoms with Crippen LogP contribution in [0.4, 0.5) is 4.39 Å². The van der Waals surface area contributed by atoms with Crippen molar-refractivity contribution < 1.29 is 13.9 Å². The lowest BCUT2D eigenvalue weighted by molar-refractivity contribution is -0.0172. The molecule has 0 aliphatic carbocycles. The van der Waals surface area contributed by atoms with Crippen molar-refractivity contribution in [1.82, 2.24) is 10.3 Å². The molecule has 2 rings (SSSR count). The minimum atomic E-state index is -0.313. The highest BCUT2D eigenvalue weighted by molar-refractivity contribution is 5.14. The van der Waals surface area contributed by atoms with Gasteiger partial charge >= 0.3 is 0 Å². The number of halogens is 1. The van der Waals surface area contributed by atoms with Crippen LogP contribution in [0.2, 0.25) is 0 Å². The zero-order chi connectivity index (χ0) is 13.0. The van der Waals surface area contributed by atoms with Crippen molar-refractivity contribution in [3.63, 3.8) is 0 Å². The summed E-state index contributed by atoms with van der Waals surface area (Å²) in [6.45, 7) is 3.99. The van der Waals surface area contributed by atoms with E-state index in [1.165, 1.54) is 12.3 Å². The van der Waals surface area contributed by atoms with Crippen molar-refractivity contribution in [1.29, 1.82) is 0 Å². The molecule has 2 unspecified atom stereocenters. The number of methoxy groups -OCH3 is 1. The van der Waals surface area contributed by atoms with Gasteiger partial charge in [0, 0.05) is 38.9 Å². The van der Waals surface area contributed by atoms with E-state index in [9.17, 15) is 4.39 Å². The fraction of sp³-hybridized carbons (Fsp3) is 0.615. The third kappa shape index (κ3) is 3.04. The summed E-state index contributed by atoms with van der Waals surface area (Å²) in [4.78, 5) is 3.85. The Kier molecular flexibility index (Phi) is 4.27. The second-order valence-corrected chi connectivity index (χ2v) is 4.73. The molecule has 0 bridgehead atoms. The maximum absolute atomic E-state index is 13.1. The molecule has 4 nitrogen and oxygen atoms in total. The molecule has 2 heterocycles. The van der Waals surface area contributed by atoms with E-state index >= 15 is 0 Å². The van der Waals surface area contributed by atoms with Crippen LogP contribution in [0.25, 0.3) is 0 Å². The van der Waals surface area contributed by atoms with Gasteiger partial charge in [-0.1, -0.05) is 0 Å². The molecule has 1 saturated heterocycles. The number of rotatable bonds is 5. The summed E-state index contributed by atoms with van der Waals surface area (Å²) in [5.41, 5.74) is 0.579. The van der Waals surface area contributed by atoms with Crippen LogP contribution in [-0.2, 0) is 9.47 Å². The molecular formula is C13H19FN2O2. The Bertz CT molecular complexity index is 394. The van der Waals surface area contributed by atoms with E-state index < -0.39 is 0 Å². The third-order valence-corrected chi connectivity index (χ3v) is 3.46. The molecule has 1 N–H and O–H groups in total. The van der Waals surface area contributed by atoms with Crippen LogP contribution in [0.3, 0.4) is 0 Å². The Morgan fingerprint density at radius 2 is 2.44 bits per heavy atom. The molecule has 1 aromatic heterocycles. The summed E-state index contributed by atoms with van der Waals surface area (Å²) in [6.07, 6.45) is 3.76. The van der Waals surface area contributed by atoms with Gasteiger partial charge < -0.3 is 14.8 Å². The topological polar surface area (TPSA) is 43.4 Å². The maximum atomic E-state index is 13.1. The molecule has 0 radical (unpaired) electrons. The first-order valence-electron chi connectivity index (χ1n) is 6.12. The van der Waals surface area contributed by atoms with Crippen LogP contribution in [0, 0.1) is 5.82 Å². The Labute approximate surface area is 107 Å². The Hall–Kier alpha value is -1.04. The minimum Gasteiger partial charge on any atom is -0.378 e. The maximum Gasteiger partial charge on any atom is 0.141 e. The summed E-state index contributed by atoms with van der Waals surface area (Å²) in [5, 5.41) is 3.35. The van der Waals surface area contributed by atoms with E-state index in [1.54, 1.807) is 13.3 Å². The zero-order valence-electron chi connectivity index (χ0n) is 10.8. The molecule has 1 aliphatic rings. The molecule has 1 fully saturated rings. The second-order valence-electron chi connectivity index (χ2n) is 4.73. The lowest BCUT2D eigenvalue weighted by Crippen LogP contribution is -2.43. The van der Waals surface area contributed by atoms with Gasteiger partial charge in [0.25, 0.3) is 0 Å². The minimum absolute atomic E-state index is 0.0285. The van der Waals surface area contributed by atoms with Gasteiger partial charge in [0.15, 0.2) is 0 Å². The fourth-order valence-electron chi connectivity index (χ4n) is 2.08. The van der Waals surface area contributed by atoms with Crippen molar-refractivity contribution in [2.24, 2.45) is 0 Å². The van der Waals surface area contributed by atoms with Gasteiger partial charge in [0.2, 0.25) is 0 Å². The number of ether oxygens (including phenoxy) is 2. The molecule has 0 aromatic carbocycles. The number of nitrogens with one attached hydrogen (secondary N) is 1. The molecule has 1 aliphatic heterocycles. The van der Waals surface area contributed by atoms with Gasteiger partial charge in [-0.2, -0.15) is 0 Å². The standard InChI is InChI=1S/C13H19FN2O2/c1-10(11-5-12(14)7-15-6-11)16-8-13(17-2)3-4-18-9-13/h5-7,10,16H,3-4,8-9H2,1-2H3. The molecule has 1 aromatic rings. The van der Waals surface area contributed by atoms with Gasteiger partial charge in [-0.25, -0.2) is 4.39 Å². The lowest BCUT2D eigenvalue weighted by atomic mass is 10.0. The lowest BCUT2D eigenvalue weighted by Gasteiger charge is -2.28. The highest BCUT2D eigenvalue weighted by Gasteiger charge is 2.34. The average Bonchev–Trinajstić information content (AvgIpc) is 2.85. The molecule has 18 heavy (non-hydrogen) atoms. The third-order valence-electron chi connectivity index (χ3n) is 3.46. The first kappa shape index (κ1) is 13.4. The molecule has 2 atom stereocenters. The van der Waals surface area contributed by atoms with Crippen molar-refractivity contribution in [3.8, 4) is 0 Å². The Morgan fingerprint density at radius 1 is 1.61 bits per heavy atom. The van der Waals surface area contributed by atoms with E-state index in [2.05, 4.69) is 10.3 Å². The fourth-order valence-corrected chi connectivity index (χ4v) is 2.08. The summed E-state index contributed by atoms with van der Waals surface area (Å²) >= 11 is 0. The first-order chi connectivity index (χ1) is 8.65. The molecule has 5 heteroatoms. The van der Waals surface area contributed by atoms with Crippen LogP contribution >= 0.6 is 0 Å². The van der Waals surface area contributed by atoms with Crippen LogP contribution in [0.15, 0.2) is 18.5 Å².